The Morgan fingerprint density at radius 2 is 2.14 bits per heavy atom. The lowest BCUT2D eigenvalue weighted by atomic mass is 10.1. The predicted octanol–water partition coefficient (Wildman–Crippen LogP) is 4.63. The zero-order chi connectivity index (χ0) is 21.2. The van der Waals surface area contributed by atoms with Crippen LogP contribution in [0.1, 0.15) is 11.1 Å². The maximum absolute atomic E-state index is 12.4. The number of nitriles is 1. The number of aromatic nitrogens is 2. The number of ether oxygens (including phenoxy) is 1. The van der Waals surface area contributed by atoms with Crippen molar-refractivity contribution < 1.29 is 27.8 Å². The van der Waals surface area contributed by atoms with Crippen LogP contribution < -0.4 is 4.74 Å². The second-order valence-electron chi connectivity index (χ2n) is 5.87. The third-order valence-corrected chi connectivity index (χ3v) is 4.19. The summed E-state index contributed by atoms with van der Waals surface area (Å²) in [6.45, 7) is 0.197. The molecule has 0 saturated carbocycles. The van der Waals surface area contributed by atoms with Crippen molar-refractivity contribution in [1.29, 1.82) is 5.26 Å². The number of hydrogen-bond acceptors (Lipinski definition) is 4. The van der Waals surface area contributed by atoms with Gasteiger partial charge in [0.05, 0.1) is 5.02 Å². The zero-order valence-electron chi connectivity index (χ0n) is 14.4. The van der Waals surface area contributed by atoms with Crippen LogP contribution in [-0.2, 0) is 11.3 Å². The van der Waals surface area contributed by atoms with Gasteiger partial charge in [-0.1, -0.05) is 17.7 Å². The van der Waals surface area contributed by atoms with Crippen molar-refractivity contribution in [1.82, 2.24) is 9.55 Å². The molecule has 0 saturated heterocycles. The average molecular weight is 422 g/mol. The molecule has 0 aliphatic heterocycles. The number of rotatable bonds is 5. The van der Waals surface area contributed by atoms with Crippen LogP contribution in [0, 0.1) is 11.3 Å². The number of carboxylic acid groups (broad SMARTS) is 1. The van der Waals surface area contributed by atoms with Gasteiger partial charge in [0.1, 0.15) is 23.0 Å². The van der Waals surface area contributed by atoms with Crippen molar-refractivity contribution >= 4 is 34.7 Å². The van der Waals surface area contributed by atoms with E-state index >= 15 is 0 Å². The van der Waals surface area contributed by atoms with Gasteiger partial charge < -0.3 is 14.4 Å². The molecule has 2 aromatic heterocycles. The summed E-state index contributed by atoms with van der Waals surface area (Å²) < 4.78 is 42.6. The van der Waals surface area contributed by atoms with Crippen molar-refractivity contribution in [2.75, 3.05) is 0 Å². The third kappa shape index (κ3) is 4.67. The highest BCUT2D eigenvalue weighted by Crippen LogP contribution is 2.31. The minimum atomic E-state index is -4.85. The fraction of sp³-hybridized carbons (Fsp3) is 0.105. The lowest BCUT2D eigenvalue weighted by molar-refractivity contribution is -0.274. The molecule has 3 rings (SSSR count). The topological polar surface area (TPSA) is 88.1 Å². The van der Waals surface area contributed by atoms with Gasteiger partial charge in [-0.25, -0.2) is 9.78 Å². The summed E-state index contributed by atoms with van der Waals surface area (Å²) in [5.74, 6) is -1.87. The van der Waals surface area contributed by atoms with E-state index in [0.717, 1.165) is 6.07 Å². The van der Waals surface area contributed by atoms with Crippen LogP contribution in [-0.4, -0.2) is 27.0 Å². The summed E-state index contributed by atoms with van der Waals surface area (Å²) in [7, 11) is 0. The summed E-state index contributed by atoms with van der Waals surface area (Å²) >= 11 is 5.89. The number of halogens is 4. The summed E-state index contributed by atoms with van der Waals surface area (Å²) in [6, 6.07) is 8.87. The van der Waals surface area contributed by atoms with Gasteiger partial charge in [-0.05, 0) is 35.9 Å². The van der Waals surface area contributed by atoms with E-state index in [4.69, 9.17) is 22.0 Å². The normalized spacial score (nSPS) is 12.0. The molecular weight excluding hydrogens is 411 g/mol. The number of alkyl halides is 3. The van der Waals surface area contributed by atoms with Gasteiger partial charge in [-0.3, -0.25) is 0 Å². The second kappa shape index (κ2) is 7.85. The molecule has 0 aliphatic rings. The van der Waals surface area contributed by atoms with Crippen LogP contribution in [0.25, 0.3) is 17.1 Å². The minimum absolute atomic E-state index is 0.197. The van der Waals surface area contributed by atoms with Crippen molar-refractivity contribution in [2.45, 2.75) is 12.9 Å². The smallest absolute Gasteiger partial charge is 0.477 e. The van der Waals surface area contributed by atoms with Crippen LogP contribution >= 0.6 is 11.6 Å². The van der Waals surface area contributed by atoms with Crippen LogP contribution in [0.4, 0.5) is 13.2 Å². The Bertz CT molecular complexity index is 1160. The molecule has 0 amide bonds. The minimum Gasteiger partial charge on any atom is -0.477 e. The summed E-state index contributed by atoms with van der Waals surface area (Å²) in [5.41, 5.74) is 1.11. The van der Waals surface area contributed by atoms with Crippen molar-refractivity contribution in [3.05, 3.63) is 64.4 Å². The fourth-order valence-electron chi connectivity index (χ4n) is 2.73. The summed E-state index contributed by atoms with van der Waals surface area (Å²) in [6.07, 6.45) is -0.473. The number of nitrogens with zero attached hydrogens (tertiary/aromatic N) is 3. The van der Waals surface area contributed by atoms with E-state index in [9.17, 15) is 18.0 Å². The maximum atomic E-state index is 12.4. The largest absolute Gasteiger partial charge is 0.573 e. The van der Waals surface area contributed by atoms with E-state index in [1.165, 1.54) is 18.2 Å². The SMILES string of the molecule is N#C/C(=C\c1cn(Cc2ccc(OC(F)(F)F)c(Cl)c2)c2ncccc12)C(=O)O. The molecule has 1 aromatic carbocycles. The molecule has 29 heavy (non-hydrogen) atoms. The molecular formula is C19H11ClF3N3O3. The number of fused-ring (bicyclic) bond motifs is 1. The second-order valence-corrected chi connectivity index (χ2v) is 6.28. The van der Waals surface area contributed by atoms with E-state index in [-0.39, 0.29) is 11.6 Å². The van der Waals surface area contributed by atoms with Crippen LogP contribution in [0.5, 0.6) is 5.75 Å². The standard InChI is InChI=1S/C19H11ClF3N3O3/c20-15-6-11(3-4-16(15)29-19(21,22)23)9-26-10-13(7-12(8-24)18(27)28)14-2-1-5-25-17(14)26/h1-7,10H,9H2,(H,27,28)/b12-7+. The maximum Gasteiger partial charge on any atom is 0.573 e. The van der Waals surface area contributed by atoms with Gasteiger partial charge >= 0.3 is 12.3 Å². The Morgan fingerprint density at radius 1 is 1.38 bits per heavy atom. The van der Waals surface area contributed by atoms with Gasteiger partial charge in [0.2, 0.25) is 0 Å². The van der Waals surface area contributed by atoms with Crippen LogP contribution in [0.2, 0.25) is 5.02 Å². The first-order valence-corrected chi connectivity index (χ1v) is 8.39. The van der Waals surface area contributed by atoms with Crippen molar-refractivity contribution in [2.24, 2.45) is 0 Å². The highest BCUT2D eigenvalue weighted by Gasteiger charge is 2.32. The number of hydrogen-bond donors (Lipinski definition) is 1. The lowest BCUT2D eigenvalue weighted by Crippen LogP contribution is -2.17. The molecule has 0 unspecified atom stereocenters. The predicted molar refractivity (Wildman–Crippen MR) is 98.2 cm³/mol. The molecule has 0 aliphatic carbocycles. The average Bonchev–Trinajstić information content (AvgIpc) is 2.98. The summed E-state index contributed by atoms with van der Waals surface area (Å²) in [4.78, 5) is 15.4. The van der Waals surface area contributed by atoms with Gasteiger partial charge in [0.15, 0.2) is 0 Å². The molecule has 0 bridgehead atoms. The number of carbonyl (C=O) groups is 1. The lowest BCUT2D eigenvalue weighted by Gasteiger charge is -2.12. The number of carboxylic acids is 1. The third-order valence-electron chi connectivity index (χ3n) is 3.89. The van der Waals surface area contributed by atoms with E-state index in [1.54, 1.807) is 35.2 Å². The van der Waals surface area contributed by atoms with Gasteiger partial charge in [0, 0.05) is 29.9 Å². The Hall–Kier alpha value is -3.51. The number of benzene rings is 1. The molecule has 1 N–H and O–H groups in total. The Morgan fingerprint density at radius 3 is 2.76 bits per heavy atom. The number of pyridine rings is 1. The Labute approximate surface area is 167 Å². The molecule has 10 heteroatoms. The molecule has 148 valence electrons. The van der Waals surface area contributed by atoms with Crippen molar-refractivity contribution in [3.63, 3.8) is 0 Å². The van der Waals surface area contributed by atoms with Gasteiger partial charge in [-0.15, -0.1) is 13.2 Å². The first-order chi connectivity index (χ1) is 13.7. The summed E-state index contributed by atoms with van der Waals surface area (Å²) in [5, 5.41) is 18.5. The Kier molecular flexibility index (Phi) is 5.48. The van der Waals surface area contributed by atoms with Crippen LogP contribution in [0.3, 0.4) is 0 Å². The van der Waals surface area contributed by atoms with Crippen LogP contribution in [0.15, 0.2) is 48.3 Å². The zero-order valence-corrected chi connectivity index (χ0v) is 15.2. The quantitative estimate of drug-likeness (QED) is 0.479. The Balaban J connectivity index is 1.98. The monoisotopic (exact) mass is 421 g/mol. The molecule has 0 atom stereocenters. The molecule has 3 aromatic rings. The van der Waals surface area contributed by atoms with Gasteiger partial charge in [0.25, 0.3) is 0 Å². The fourth-order valence-corrected chi connectivity index (χ4v) is 2.97. The molecule has 0 spiro atoms. The van der Waals surface area contributed by atoms with Gasteiger partial charge in [-0.2, -0.15) is 5.26 Å². The van der Waals surface area contributed by atoms with E-state index in [1.807, 2.05) is 0 Å². The van der Waals surface area contributed by atoms with E-state index < -0.39 is 23.7 Å². The van der Waals surface area contributed by atoms with Crippen molar-refractivity contribution in [3.8, 4) is 11.8 Å². The first-order valence-electron chi connectivity index (χ1n) is 8.01. The molecule has 0 fully saturated rings. The van der Waals surface area contributed by atoms with E-state index in [2.05, 4.69) is 9.72 Å². The molecule has 0 radical (unpaired) electrons. The first kappa shape index (κ1) is 20.2. The highest BCUT2D eigenvalue weighted by atomic mass is 35.5. The highest BCUT2D eigenvalue weighted by molar-refractivity contribution is 6.32. The number of aliphatic carboxylic acids is 1. The molecule has 6 nitrogen and oxygen atoms in total. The van der Waals surface area contributed by atoms with E-state index in [0.29, 0.717) is 22.2 Å². The molecule has 2 heterocycles.